The Morgan fingerprint density at radius 2 is 2.18 bits per heavy atom. The lowest BCUT2D eigenvalue weighted by molar-refractivity contribution is 0.0494. The van der Waals surface area contributed by atoms with Gasteiger partial charge in [-0.3, -0.25) is 0 Å². The molecule has 2 aliphatic rings. The van der Waals surface area contributed by atoms with Gasteiger partial charge >= 0.3 is 0 Å². The molecule has 1 aromatic rings. The lowest BCUT2D eigenvalue weighted by atomic mass is 10.1. The number of rotatable bonds is 1. The highest BCUT2D eigenvalue weighted by Gasteiger charge is 2.27. The average molecular weight is 255 g/mol. The first-order chi connectivity index (χ1) is 8.24. The van der Waals surface area contributed by atoms with Crippen LogP contribution in [-0.2, 0) is 22.5 Å². The molecule has 0 spiro atoms. The molecule has 1 aromatic heterocycles. The molecule has 0 N–H and O–H groups in total. The molecule has 0 aliphatic carbocycles. The molecular weight excluding hydrogens is 240 g/mol. The van der Waals surface area contributed by atoms with Gasteiger partial charge in [-0.15, -0.1) is 0 Å². The molecule has 4 nitrogen and oxygen atoms in total. The van der Waals surface area contributed by atoms with Crippen molar-refractivity contribution in [2.45, 2.75) is 45.0 Å². The number of hydrogen-bond donors (Lipinski definition) is 0. The van der Waals surface area contributed by atoms with Crippen LogP contribution < -0.4 is 0 Å². The third kappa shape index (κ3) is 2.17. The second-order valence-electron chi connectivity index (χ2n) is 4.61. The minimum absolute atomic E-state index is 0.00986. The summed E-state index contributed by atoms with van der Waals surface area (Å²) in [6.45, 7) is 3.31. The van der Waals surface area contributed by atoms with E-state index in [-0.39, 0.29) is 6.10 Å². The van der Waals surface area contributed by atoms with Crippen LogP contribution in [0.5, 0.6) is 0 Å². The summed E-state index contributed by atoms with van der Waals surface area (Å²) in [6, 6.07) is 0. The summed E-state index contributed by atoms with van der Waals surface area (Å²) in [7, 11) is 0. The molecule has 3 rings (SSSR count). The highest BCUT2D eigenvalue weighted by atomic mass is 35.5. The van der Waals surface area contributed by atoms with Crippen LogP contribution in [-0.4, -0.2) is 22.7 Å². The fourth-order valence-corrected chi connectivity index (χ4v) is 2.60. The number of aromatic nitrogens is 2. The SMILES string of the molecule is CC1CCC(c2nc(Cl)c3c(n2)CCOC3)O1. The fourth-order valence-electron chi connectivity index (χ4n) is 2.35. The molecule has 1 saturated heterocycles. The van der Waals surface area contributed by atoms with Crippen molar-refractivity contribution in [1.82, 2.24) is 9.97 Å². The fraction of sp³-hybridized carbons (Fsp3) is 0.667. The highest BCUT2D eigenvalue weighted by Crippen LogP contribution is 2.32. The van der Waals surface area contributed by atoms with Gasteiger partial charge in [-0.25, -0.2) is 9.97 Å². The molecule has 2 atom stereocenters. The molecule has 0 saturated carbocycles. The summed E-state index contributed by atoms with van der Waals surface area (Å²) in [5, 5.41) is 0.521. The van der Waals surface area contributed by atoms with Crippen LogP contribution in [0.4, 0.5) is 0 Å². The maximum atomic E-state index is 6.18. The molecule has 17 heavy (non-hydrogen) atoms. The van der Waals surface area contributed by atoms with E-state index in [0.29, 0.717) is 24.5 Å². The number of fused-ring (bicyclic) bond motifs is 1. The van der Waals surface area contributed by atoms with E-state index in [9.17, 15) is 0 Å². The zero-order valence-electron chi connectivity index (χ0n) is 9.78. The van der Waals surface area contributed by atoms with Gasteiger partial charge in [0.05, 0.1) is 25.0 Å². The Balaban J connectivity index is 1.93. The number of nitrogens with zero attached hydrogens (tertiary/aromatic N) is 2. The summed E-state index contributed by atoms with van der Waals surface area (Å²) < 4.78 is 11.1. The Labute approximate surface area is 105 Å². The van der Waals surface area contributed by atoms with Gasteiger partial charge in [0.25, 0.3) is 0 Å². The predicted molar refractivity (Wildman–Crippen MR) is 62.9 cm³/mol. The monoisotopic (exact) mass is 254 g/mol. The molecular formula is C12H15ClN2O2. The summed E-state index contributed by atoms with van der Waals surface area (Å²) in [5.41, 5.74) is 1.96. The van der Waals surface area contributed by atoms with Gasteiger partial charge in [0.2, 0.25) is 0 Å². The topological polar surface area (TPSA) is 44.2 Å². The van der Waals surface area contributed by atoms with E-state index in [4.69, 9.17) is 21.1 Å². The van der Waals surface area contributed by atoms with Gasteiger partial charge in [0.15, 0.2) is 5.82 Å². The predicted octanol–water partition coefficient (Wildman–Crippen LogP) is 2.44. The van der Waals surface area contributed by atoms with E-state index in [1.54, 1.807) is 0 Å². The van der Waals surface area contributed by atoms with Crippen LogP contribution in [0.25, 0.3) is 0 Å². The maximum Gasteiger partial charge on any atom is 0.159 e. The zero-order valence-corrected chi connectivity index (χ0v) is 10.5. The summed E-state index contributed by atoms with van der Waals surface area (Å²) in [4.78, 5) is 8.94. The molecule has 1 fully saturated rings. The Bertz CT molecular complexity index is 439. The van der Waals surface area contributed by atoms with Crippen molar-refractivity contribution in [3.63, 3.8) is 0 Å². The highest BCUT2D eigenvalue weighted by molar-refractivity contribution is 6.30. The van der Waals surface area contributed by atoms with Gasteiger partial charge in [0.1, 0.15) is 11.3 Å². The number of ether oxygens (including phenoxy) is 2. The van der Waals surface area contributed by atoms with Crippen LogP contribution in [0.1, 0.15) is 43.0 Å². The van der Waals surface area contributed by atoms with Gasteiger partial charge < -0.3 is 9.47 Å². The van der Waals surface area contributed by atoms with Gasteiger partial charge in [-0.1, -0.05) is 11.6 Å². The molecule has 5 heteroatoms. The minimum atomic E-state index is 0.00986. The number of halogens is 1. The number of hydrogen-bond acceptors (Lipinski definition) is 4. The van der Waals surface area contributed by atoms with E-state index in [2.05, 4.69) is 16.9 Å². The van der Waals surface area contributed by atoms with Crippen LogP contribution in [0.15, 0.2) is 0 Å². The smallest absolute Gasteiger partial charge is 0.159 e. The largest absolute Gasteiger partial charge is 0.376 e. The van der Waals surface area contributed by atoms with Gasteiger partial charge in [0, 0.05) is 12.0 Å². The molecule has 0 aromatic carbocycles. The van der Waals surface area contributed by atoms with E-state index in [1.807, 2.05) is 0 Å². The third-order valence-corrected chi connectivity index (χ3v) is 3.62. The van der Waals surface area contributed by atoms with E-state index in [0.717, 1.165) is 36.3 Å². The molecule has 92 valence electrons. The first kappa shape index (κ1) is 11.4. The maximum absolute atomic E-state index is 6.18. The first-order valence-corrected chi connectivity index (χ1v) is 6.40. The minimum Gasteiger partial charge on any atom is -0.376 e. The van der Waals surface area contributed by atoms with Crippen LogP contribution in [0.2, 0.25) is 5.15 Å². The van der Waals surface area contributed by atoms with Gasteiger partial charge in [-0.2, -0.15) is 0 Å². The van der Waals surface area contributed by atoms with Crippen LogP contribution in [0, 0.1) is 0 Å². The average Bonchev–Trinajstić information content (AvgIpc) is 2.76. The lowest BCUT2D eigenvalue weighted by Crippen LogP contribution is -2.16. The quantitative estimate of drug-likeness (QED) is 0.722. The summed E-state index contributed by atoms with van der Waals surface area (Å²) in [5.74, 6) is 0.736. The molecule has 0 radical (unpaired) electrons. The Hall–Kier alpha value is -0.710. The Morgan fingerprint density at radius 1 is 1.29 bits per heavy atom. The van der Waals surface area contributed by atoms with Crippen LogP contribution in [0.3, 0.4) is 0 Å². The molecule has 2 unspecified atom stereocenters. The third-order valence-electron chi connectivity index (χ3n) is 3.31. The molecule has 2 aliphatic heterocycles. The van der Waals surface area contributed by atoms with Crippen molar-refractivity contribution in [2.24, 2.45) is 0 Å². The van der Waals surface area contributed by atoms with Crippen molar-refractivity contribution in [3.8, 4) is 0 Å². The first-order valence-electron chi connectivity index (χ1n) is 6.02. The Kier molecular flexibility index (Phi) is 3.03. The summed E-state index contributed by atoms with van der Waals surface area (Å²) in [6.07, 6.45) is 3.16. The van der Waals surface area contributed by atoms with E-state index in [1.165, 1.54) is 0 Å². The van der Waals surface area contributed by atoms with E-state index < -0.39 is 0 Å². The van der Waals surface area contributed by atoms with Crippen molar-refractivity contribution in [1.29, 1.82) is 0 Å². The van der Waals surface area contributed by atoms with Gasteiger partial charge in [-0.05, 0) is 19.8 Å². The standard InChI is InChI=1S/C12H15ClN2O2/c1-7-2-3-10(17-7)12-14-9-4-5-16-6-8(9)11(13)15-12/h7,10H,2-6H2,1H3. The van der Waals surface area contributed by atoms with E-state index >= 15 is 0 Å². The Morgan fingerprint density at radius 3 is 2.94 bits per heavy atom. The van der Waals surface area contributed by atoms with Crippen molar-refractivity contribution in [3.05, 3.63) is 22.2 Å². The molecule has 0 amide bonds. The van der Waals surface area contributed by atoms with Crippen molar-refractivity contribution < 1.29 is 9.47 Å². The van der Waals surface area contributed by atoms with Crippen LogP contribution >= 0.6 is 11.6 Å². The normalized spacial score (nSPS) is 28.1. The van der Waals surface area contributed by atoms with Crippen molar-refractivity contribution in [2.75, 3.05) is 6.61 Å². The zero-order chi connectivity index (χ0) is 11.8. The van der Waals surface area contributed by atoms with Crippen molar-refractivity contribution >= 4 is 11.6 Å². The second kappa shape index (κ2) is 4.52. The summed E-state index contributed by atoms with van der Waals surface area (Å²) >= 11 is 6.18. The molecule has 3 heterocycles. The second-order valence-corrected chi connectivity index (χ2v) is 4.97. The molecule has 0 bridgehead atoms. The lowest BCUT2D eigenvalue weighted by Gasteiger charge is -2.18.